The van der Waals surface area contributed by atoms with Crippen molar-refractivity contribution in [3.05, 3.63) is 106 Å². The zero-order valence-electron chi connectivity index (χ0n) is 19.1. The van der Waals surface area contributed by atoms with Gasteiger partial charge in [0.1, 0.15) is 5.41 Å². The van der Waals surface area contributed by atoms with Gasteiger partial charge >= 0.3 is 0 Å². The van der Waals surface area contributed by atoms with E-state index in [1.165, 1.54) is 11.1 Å². The molecule has 33 heavy (non-hydrogen) atoms. The van der Waals surface area contributed by atoms with E-state index >= 15 is 0 Å². The second kappa shape index (κ2) is 10.6. The normalized spacial score (nSPS) is 15.4. The third kappa shape index (κ3) is 4.90. The summed E-state index contributed by atoms with van der Waals surface area (Å²) in [6.07, 6.45) is -0.401. The van der Waals surface area contributed by atoms with Gasteiger partial charge in [-0.3, -0.25) is 4.90 Å². The number of rotatable bonds is 9. The van der Waals surface area contributed by atoms with Crippen molar-refractivity contribution < 1.29 is 9.47 Å². The summed E-state index contributed by atoms with van der Waals surface area (Å²) in [4.78, 5) is 2.39. The Hall–Kier alpha value is -2.49. The van der Waals surface area contributed by atoms with Crippen molar-refractivity contribution in [3.8, 4) is 6.07 Å². The third-order valence-corrected chi connectivity index (χ3v) is 6.83. The second-order valence-electron chi connectivity index (χ2n) is 8.30. The van der Waals surface area contributed by atoms with Crippen molar-refractivity contribution in [3.63, 3.8) is 0 Å². The summed E-state index contributed by atoms with van der Waals surface area (Å²) in [5.41, 5.74) is 3.87. The molecule has 1 fully saturated rings. The quantitative estimate of drug-likeness (QED) is 0.316. The maximum absolute atomic E-state index is 10.3. The smallest absolute Gasteiger partial charge is 0.183 e. The van der Waals surface area contributed by atoms with E-state index in [4.69, 9.17) is 9.47 Å². The number of benzene rings is 3. The molecule has 170 valence electrons. The molecule has 0 saturated carbocycles. The number of hydrogen-bond acceptors (Lipinski definition) is 4. The molecule has 0 amide bonds. The summed E-state index contributed by atoms with van der Waals surface area (Å²) in [5, 5.41) is 10.3. The number of halogens is 1. The highest BCUT2D eigenvalue weighted by atomic mass is 79.9. The molecule has 0 aliphatic carbocycles. The van der Waals surface area contributed by atoms with Crippen LogP contribution in [-0.2, 0) is 14.9 Å². The highest BCUT2D eigenvalue weighted by Crippen LogP contribution is 2.44. The van der Waals surface area contributed by atoms with E-state index in [1.54, 1.807) is 0 Å². The molecule has 3 aromatic carbocycles. The molecule has 0 N–H and O–H groups in total. The van der Waals surface area contributed by atoms with Crippen LogP contribution in [0.15, 0.2) is 83.3 Å². The summed E-state index contributed by atoms with van der Waals surface area (Å²) in [5.74, 6) is 0. The van der Waals surface area contributed by atoms with E-state index in [0.29, 0.717) is 26.3 Å². The summed E-state index contributed by atoms with van der Waals surface area (Å²) in [6.45, 7) is 6.38. The Balaban J connectivity index is 1.61. The lowest BCUT2D eigenvalue weighted by Gasteiger charge is -2.50. The van der Waals surface area contributed by atoms with E-state index in [9.17, 15) is 5.26 Å². The summed E-state index contributed by atoms with van der Waals surface area (Å²) >= 11 is 3.74. The Kier molecular flexibility index (Phi) is 7.62. The van der Waals surface area contributed by atoms with Gasteiger partial charge in [0.25, 0.3) is 0 Å². The summed E-state index contributed by atoms with van der Waals surface area (Å²) in [7, 11) is 0. The molecule has 0 radical (unpaired) electrons. The van der Waals surface area contributed by atoms with Crippen molar-refractivity contribution in [1.82, 2.24) is 4.90 Å². The second-order valence-corrected chi connectivity index (χ2v) is 9.16. The highest BCUT2D eigenvalue weighted by Gasteiger charge is 2.49. The summed E-state index contributed by atoms with van der Waals surface area (Å²) < 4.78 is 12.4. The molecule has 0 unspecified atom stereocenters. The zero-order valence-corrected chi connectivity index (χ0v) is 20.7. The average Bonchev–Trinajstić information content (AvgIpc) is 2.82. The van der Waals surface area contributed by atoms with Crippen LogP contribution in [0.1, 0.15) is 48.4 Å². The molecule has 1 heterocycles. The fourth-order valence-corrected chi connectivity index (χ4v) is 5.40. The van der Waals surface area contributed by atoms with Crippen LogP contribution in [0.5, 0.6) is 0 Å². The topological polar surface area (TPSA) is 45.5 Å². The Morgan fingerprint density at radius 1 is 0.879 bits per heavy atom. The van der Waals surface area contributed by atoms with Crippen LogP contribution in [0, 0.1) is 11.3 Å². The first-order valence-corrected chi connectivity index (χ1v) is 12.2. The van der Waals surface area contributed by atoms with Gasteiger partial charge in [-0.15, -0.1) is 0 Å². The molecule has 1 saturated heterocycles. The van der Waals surface area contributed by atoms with Gasteiger partial charge in [0.05, 0.1) is 12.1 Å². The van der Waals surface area contributed by atoms with Crippen molar-refractivity contribution >= 4 is 15.9 Å². The van der Waals surface area contributed by atoms with Gasteiger partial charge in [0.2, 0.25) is 0 Å². The minimum Gasteiger partial charge on any atom is -0.349 e. The molecular weight excluding hydrogens is 476 g/mol. The van der Waals surface area contributed by atoms with Gasteiger partial charge in [0.15, 0.2) is 6.29 Å². The molecule has 1 aliphatic heterocycles. The molecular formula is C28H29BrN2O2. The van der Waals surface area contributed by atoms with Crippen molar-refractivity contribution in [2.24, 2.45) is 0 Å². The first kappa shape index (κ1) is 23.7. The molecule has 3 aromatic rings. The predicted molar refractivity (Wildman–Crippen MR) is 134 cm³/mol. The van der Waals surface area contributed by atoms with Crippen molar-refractivity contribution in [2.75, 3.05) is 26.3 Å². The molecule has 0 bridgehead atoms. The number of nitriles is 1. The van der Waals surface area contributed by atoms with Gasteiger partial charge in [0, 0.05) is 36.3 Å². The van der Waals surface area contributed by atoms with Crippen molar-refractivity contribution in [1.29, 1.82) is 5.26 Å². The molecule has 4 rings (SSSR count). The maximum atomic E-state index is 10.3. The Labute approximate surface area is 204 Å². The fourth-order valence-electron chi connectivity index (χ4n) is 4.63. The van der Waals surface area contributed by atoms with Gasteiger partial charge < -0.3 is 9.47 Å². The predicted octanol–water partition coefficient (Wildman–Crippen LogP) is 6.39. The fraction of sp³-hybridized carbons (Fsp3) is 0.321. The lowest BCUT2D eigenvalue weighted by molar-refractivity contribution is -0.140. The Bertz CT molecular complexity index is 1050. The highest BCUT2D eigenvalue weighted by molar-refractivity contribution is 9.10. The van der Waals surface area contributed by atoms with Crippen LogP contribution in [0.3, 0.4) is 0 Å². The minimum absolute atomic E-state index is 0.118. The van der Waals surface area contributed by atoms with E-state index in [1.807, 2.05) is 44.2 Å². The molecule has 0 aromatic heterocycles. The minimum atomic E-state index is -0.564. The number of ether oxygens (including phenoxy) is 2. The first-order chi connectivity index (χ1) is 16.1. The van der Waals surface area contributed by atoms with Crippen LogP contribution in [-0.4, -0.2) is 31.2 Å². The molecule has 0 spiro atoms. The molecule has 0 atom stereocenters. The Morgan fingerprint density at radius 3 is 1.88 bits per heavy atom. The lowest BCUT2D eigenvalue weighted by atomic mass is 9.73. The number of likely N-dealkylation sites (tertiary alicyclic amines) is 1. The number of nitrogens with zero attached hydrogens (tertiary/aromatic N) is 2. The zero-order chi connectivity index (χ0) is 23.3. The third-order valence-electron chi connectivity index (χ3n) is 6.17. The van der Waals surface area contributed by atoms with Crippen molar-refractivity contribution in [2.45, 2.75) is 31.6 Å². The van der Waals surface area contributed by atoms with E-state index < -0.39 is 11.7 Å². The average molecular weight is 505 g/mol. The van der Waals surface area contributed by atoms with Gasteiger partial charge in [-0.2, -0.15) is 5.26 Å². The monoisotopic (exact) mass is 504 g/mol. The van der Waals surface area contributed by atoms with E-state index in [2.05, 4.69) is 75.4 Å². The van der Waals surface area contributed by atoms with Crippen LogP contribution in [0.4, 0.5) is 0 Å². The van der Waals surface area contributed by atoms with Crippen LogP contribution in [0.25, 0.3) is 0 Å². The SMILES string of the molecule is CCOC(OCC)c1ccc(C2(C#N)CN(C(c3ccccc3)c3ccccc3)C2)c(Br)c1. The van der Waals surface area contributed by atoms with E-state index in [-0.39, 0.29) is 6.04 Å². The lowest BCUT2D eigenvalue weighted by Crippen LogP contribution is -2.59. The molecule has 4 nitrogen and oxygen atoms in total. The van der Waals surface area contributed by atoms with Crippen LogP contribution in [0.2, 0.25) is 0 Å². The van der Waals surface area contributed by atoms with Gasteiger partial charge in [-0.05, 0) is 36.6 Å². The summed E-state index contributed by atoms with van der Waals surface area (Å²) in [6, 6.07) is 29.9. The van der Waals surface area contributed by atoms with E-state index in [0.717, 1.165) is 15.6 Å². The maximum Gasteiger partial charge on any atom is 0.183 e. The number of hydrogen-bond donors (Lipinski definition) is 0. The Morgan fingerprint density at radius 2 is 1.42 bits per heavy atom. The molecule has 1 aliphatic rings. The van der Waals surface area contributed by atoms with Gasteiger partial charge in [-0.1, -0.05) is 88.7 Å². The van der Waals surface area contributed by atoms with Gasteiger partial charge in [-0.25, -0.2) is 0 Å². The van der Waals surface area contributed by atoms with Crippen LogP contribution < -0.4 is 0 Å². The van der Waals surface area contributed by atoms with Crippen LogP contribution >= 0.6 is 15.9 Å². The standard InChI is InChI=1S/C28H29BrN2O2/c1-3-32-27(33-4-2)23-15-16-24(25(29)17-23)28(18-30)19-31(20-28)26(21-11-7-5-8-12-21)22-13-9-6-10-14-22/h5-17,26-27H,3-4,19-20H2,1-2H3. The molecule has 5 heteroatoms. The first-order valence-electron chi connectivity index (χ1n) is 11.4. The largest absolute Gasteiger partial charge is 0.349 e.